The van der Waals surface area contributed by atoms with Crippen molar-refractivity contribution in [1.82, 2.24) is 14.5 Å². The van der Waals surface area contributed by atoms with Gasteiger partial charge in [-0.1, -0.05) is 127 Å². The van der Waals surface area contributed by atoms with Crippen LogP contribution in [0.3, 0.4) is 0 Å². The van der Waals surface area contributed by atoms with E-state index in [0.29, 0.717) is 11.6 Å². The van der Waals surface area contributed by atoms with Gasteiger partial charge < -0.3 is 0 Å². The van der Waals surface area contributed by atoms with Crippen molar-refractivity contribution in [3.63, 3.8) is 0 Å². The highest BCUT2D eigenvalue weighted by Crippen LogP contribution is 2.37. The lowest BCUT2D eigenvalue weighted by Crippen LogP contribution is -2.03. The Balaban J connectivity index is 1.27. The van der Waals surface area contributed by atoms with Gasteiger partial charge in [0.2, 0.25) is 5.95 Å². The second-order valence-electron chi connectivity index (χ2n) is 11.8. The molecular weight excluding hydrogens is 573 g/mol. The zero-order valence-electron chi connectivity index (χ0n) is 25.3. The first kappa shape index (κ1) is 26.8. The number of nitrogens with zero attached hydrogens (tertiary/aromatic N) is 4. The van der Waals surface area contributed by atoms with Crippen LogP contribution in [-0.4, -0.2) is 14.5 Å². The molecule has 0 unspecified atom stereocenters. The van der Waals surface area contributed by atoms with Gasteiger partial charge in [-0.2, -0.15) is 0 Å². The molecular formula is C43H26N4. The lowest BCUT2D eigenvalue weighted by molar-refractivity contribution is 1.01. The molecule has 0 fully saturated rings. The maximum atomic E-state index is 7.48. The molecule has 0 aliphatic rings. The van der Waals surface area contributed by atoms with Gasteiger partial charge in [-0.15, -0.1) is 0 Å². The summed E-state index contributed by atoms with van der Waals surface area (Å²) in [5.74, 6) is 0.614. The number of hydrogen-bond acceptors (Lipinski definition) is 2. The highest BCUT2D eigenvalue weighted by Gasteiger charge is 2.18. The van der Waals surface area contributed by atoms with Crippen LogP contribution < -0.4 is 0 Å². The van der Waals surface area contributed by atoms with Crippen molar-refractivity contribution in [2.75, 3.05) is 0 Å². The third kappa shape index (κ3) is 4.53. The molecule has 2 aromatic heterocycles. The van der Waals surface area contributed by atoms with Crippen molar-refractivity contribution in [2.45, 2.75) is 0 Å². The van der Waals surface area contributed by atoms with Gasteiger partial charge in [0.05, 0.1) is 28.8 Å². The molecule has 0 atom stereocenters. The van der Waals surface area contributed by atoms with Crippen LogP contribution in [0.1, 0.15) is 0 Å². The summed E-state index contributed by atoms with van der Waals surface area (Å²) in [6.45, 7) is 7.48. The standard InChI is InChI=1S/C43H26N4/c1-44-35-22-19-31(20-23-35)42-38-26-34(30-17-15-29(16-18-30)28-9-3-2-4-10-28)21-24-39(38)45-43(46-42)47-40-14-8-7-13-36(40)37-25-32-11-5-6-12-33(32)27-41(37)47/h2-27H. The Morgan fingerprint density at radius 2 is 1.06 bits per heavy atom. The number of aromatic nitrogens is 3. The lowest BCUT2D eigenvalue weighted by atomic mass is 9.98. The Morgan fingerprint density at radius 3 is 1.83 bits per heavy atom. The predicted octanol–water partition coefficient (Wildman–Crippen LogP) is 11.4. The maximum absolute atomic E-state index is 7.48. The van der Waals surface area contributed by atoms with Gasteiger partial charge in [-0.25, -0.2) is 14.8 Å². The Morgan fingerprint density at radius 1 is 0.447 bits per heavy atom. The van der Waals surface area contributed by atoms with Gasteiger partial charge in [-0.3, -0.25) is 4.57 Å². The summed E-state index contributed by atoms with van der Waals surface area (Å²) < 4.78 is 2.18. The molecule has 2 heterocycles. The van der Waals surface area contributed by atoms with E-state index >= 15 is 0 Å². The van der Waals surface area contributed by atoms with Crippen LogP contribution in [0.4, 0.5) is 5.69 Å². The van der Waals surface area contributed by atoms with Crippen LogP contribution >= 0.6 is 0 Å². The Hall–Kier alpha value is -6.57. The number of rotatable bonds is 4. The number of fused-ring (bicyclic) bond motifs is 5. The van der Waals surface area contributed by atoms with E-state index in [1.807, 2.05) is 30.3 Å². The predicted molar refractivity (Wildman–Crippen MR) is 194 cm³/mol. The molecule has 47 heavy (non-hydrogen) atoms. The lowest BCUT2D eigenvalue weighted by Gasteiger charge is -2.13. The molecule has 9 rings (SSSR count). The van der Waals surface area contributed by atoms with Crippen molar-refractivity contribution in [2.24, 2.45) is 0 Å². The third-order valence-corrected chi connectivity index (χ3v) is 9.02. The Labute approximate surface area is 271 Å². The van der Waals surface area contributed by atoms with Crippen LogP contribution in [0.15, 0.2) is 158 Å². The van der Waals surface area contributed by atoms with Gasteiger partial charge in [-0.05, 0) is 68.9 Å². The molecule has 0 saturated heterocycles. The summed E-state index contributed by atoms with van der Waals surface area (Å²) in [5.41, 5.74) is 9.94. The van der Waals surface area contributed by atoms with E-state index in [9.17, 15) is 0 Å². The minimum Gasteiger partial charge on any atom is -0.278 e. The SMILES string of the molecule is [C-]#[N+]c1ccc(-c2nc(-n3c4ccccc4c4cc5ccccc5cc43)nc3ccc(-c4ccc(-c5ccccc5)cc4)cc23)cc1. The van der Waals surface area contributed by atoms with Gasteiger partial charge in [0.1, 0.15) is 0 Å². The minimum absolute atomic E-state index is 0.598. The largest absolute Gasteiger partial charge is 0.278 e. The average molecular weight is 599 g/mol. The molecule has 4 heteroatoms. The monoisotopic (exact) mass is 598 g/mol. The summed E-state index contributed by atoms with van der Waals surface area (Å²) in [7, 11) is 0. The van der Waals surface area contributed by atoms with Crippen LogP contribution in [0, 0.1) is 6.57 Å². The zero-order chi connectivity index (χ0) is 31.3. The average Bonchev–Trinajstić information content (AvgIpc) is 3.47. The first-order valence-corrected chi connectivity index (χ1v) is 15.6. The highest BCUT2D eigenvalue weighted by atomic mass is 15.2. The number of hydrogen-bond donors (Lipinski definition) is 0. The molecule has 0 amide bonds. The van der Waals surface area contributed by atoms with E-state index in [2.05, 4.69) is 137 Å². The topological polar surface area (TPSA) is 35.1 Å². The third-order valence-electron chi connectivity index (χ3n) is 9.02. The quantitative estimate of drug-likeness (QED) is 0.189. The molecule has 4 nitrogen and oxygen atoms in total. The smallest absolute Gasteiger partial charge is 0.235 e. The summed E-state index contributed by atoms with van der Waals surface area (Å²) in [5, 5.41) is 5.66. The van der Waals surface area contributed by atoms with Gasteiger partial charge in [0.25, 0.3) is 0 Å². The molecule has 0 radical (unpaired) electrons. The fourth-order valence-electron chi connectivity index (χ4n) is 6.67. The molecule has 0 spiro atoms. The molecule has 9 aromatic rings. The van der Waals surface area contributed by atoms with E-state index < -0.39 is 0 Å². The van der Waals surface area contributed by atoms with E-state index in [-0.39, 0.29) is 0 Å². The van der Waals surface area contributed by atoms with Crippen LogP contribution in [-0.2, 0) is 0 Å². The normalized spacial score (nSPS) is 11.4. The van der Waals surface area contributed by atoms with Crippen molar-refractivity contribution in [1.29, 1.82) is 0 Å². The zero-order valence-corrected chi connectivity index (χ0v) is 25.3. The van der Waals surface area contributed by atoms with Crippen molar-refractivity contribution < 1.29 is 0 Å². The van der Waals surface area contributed by atoms with E-state index in [1.165, 1.54) is 27.3 Å². The van der Waals surface area contributed by atoms with Gasteiger partial charge >= 0.3 is 0 Å². The van der Waals surface area contributed by atoms with Gasteiger partial charge in [0.15, 0.2) is 5.69 Å². The van der Waals surface area contributed by atoms with E-state index in [4.69, 9.17) is 16.5 Å². The summed E-state index contributed by atoms with van der Waals surface area (Å²) in [4.78, 5) is 14.1. The van der Waals surface area contributed by atoms with Crippen molar-refractivity contribution in [3.05, 3.63) is 169 Å². The maximum Gasteiger partial charge on any atom is 0.235 e. The highest BCUT2D eigenvalue weighted by molar-refractivity contribution is 6.13. The van der Waals surface area contributed by atoms with Crippen LogP contribution in [0.5, 0.6) is 0 Å². The summed E-state index contributed by atoms with van der Waals surface area (Å²) >= 11 is 0. The molecule has 0 N–H and O–H groups in total. The number of benzene rings is 7. The Bertz CT molecular complexity index is 2660. The number of para-hydroxylation sites is 1. The summed E-state index contributed by atoms with van der Waals surface area (Å²) in [6, 6.07) is 54.7. The van der Waals surface area contributed by atoms with E-state index in [1.54, 1.807) is 0 Å². The minimum atomic E-state index is 0.598. The molecule has 7 aromatic carbocycles. The second-order valence-corrected chi connectivity index (χ2v) is 11.8. The van der Waals surface area contributed by atoms with Crippen molar-refractivity contribution in [3.8, 4) is 39.5 Å². The fraction of sp³-hybridized carbons (Fsp3) is 0. The second kappa shape index (κ2) is 10.8. The summed E-state index contributed by atoms with van der Waals surface area (Å²) in [6.07, 6.45) is 0. The first-order chi connectivity index (χ1) is 23.2. The van der Waals surface area contributed by atoms with Crippen molar-refractivity contribution >= 4 is 49.2 Å². The molecule has 0 aliphatic heterocycles. The fourth-order valence-corrected chi connectivity index (χ4v) is 6.67. The molecule has 0 bridgehead atoms. The van der Waals surface area contributed by atoms with Crippen LogP contribution in [0.2, 0.25) is 0 Å². The van der Waals surface area contributed by atoms with E-state index in [0.717, 1.165) is 49.7 Å². The first-order valence-electron chi connectivity index (χ1n) is 15.6. The molecule has 0 saturated carbocycles. The van der Waals surface area contributed by atoms with Crippen LogP contribution in [0.25, 0.3) is 87.8 Å². The molecule has 218 valence electrons. The Kier molecular flexibility index (Phi) is 6.16. The van der Waals surface area contributed by atoms with Gasteiger partial charge in [0, 0.05) is 16.2 Å². The molecule has 0 aliphatic carbocycles.